The van der Waals surface area contributed by atoms with Crippen LogP contribution in [0.25, 0.3) is 0 Å². The number of urea groups is 1. The molecule has 2 aliphatic carbocycles. The number of amides is 2. The molecule has 4 N–H and O–H groups in total. The lowest BCUT2D eigenvalue weighted by molar-refractivity contribution is 0.0779. The molecule has 0 spiro atoms. The number of aliphatic hydroxyl groups is 1. The molecule has 7 nitrogen and oxygen atoms in total. The van der Waals surface area contributed by atoms with E-state index in [9.17, 15) is 18.5 Å². The Hall–Kier alpha value is -2.39. The van der Waals surface area contributed by atoms with Gasteiger partial charge in [0.25, 0.3) is 0 Å². The Morgan fingerprint density at radius 2 is 2.00 bits per heavy atom. The van der Waals surface area contributed by atoms with Gasteiger partial charge >= 0.3 is 6.03 Å². The second kappa shape index (κ2) is 7.94. The highest BCUT2D eigenvalue weighted by molar-refractivity contribution is 7.91. The molecule has 1 atom stereocenters. The fourth-order valence-electron chi connectivity index (χ4n) is 3.83. The average Bonchev–Trinajstić information content (AvgIpc) is 3.32. The second-order valence-electron chi connectivity index (χ2n) is 9.13. The van der Waals surface area contributed by atoms with Crippen LogP contribution < -0.4 is 10.0 Å². The lowest BCUT2D eigenvalue weighted by Gasteiger charge is -2.27. The zero-order chi connectivity index (χ0) is 22.4. The van der Waals surface area contributed by atoms with Crippen LogP contribution in [-0.2, 0) is 21.9 Å². The van der Waals surface area contributed by atoms with Crippen molar-refractivity contribution in [3.63, 3.8) is 0 Å². The maximum absolute atomic E-state index is 14.3. The quantitative estimate of drug-likeness (QED) is 0.476. The van der Waals surface area contributed by atoms with Crippen LogP contribution in [0.5, 0.6) is 0 Å². The molecule has 0 saturated heterocycles. The minimum absolute atomic E-state index is 0.200. The van der Waals surface area contributed by atoms with Gasteiger partial charge in [-0.15, -0.1) is 0 Å². The van der Waals surface area contributed by atoms with E-state index >= 15 is 0 Å². The summed E-state index contributed by atoms with van der Waals surface area (Å²) in [6.07, 6.45) is 7.09. The first-order valence-electron chi connectivity index (χ1n) is 10.5. The molecular formula is C22H28FN3O4S. The lowest BCUT2D eigenvalue weighted by Crippen LogP contribution is -2.34. The van der Waals surface area contributed by atoms with E-state index in [1.165, 1.54) is 38.3 Å². The molecule has 1 heterocycles. The smallest absolute Gasteiger partial charge is 0.332 e. The van der Waals surface area contributed by atoms with Gasteiger partial charge in [-0.2, -0.15) is 0 Å². The van der Waals surface area contributed by atoms with Crippen molar-refractivity contribution in [1.29, 1.82) is 4.78 Å². The lowest BCUT2D eigenvalue weighted by atomic mass is 9.80. The maximum Gasteiger partial charge on any atom is 0.332 e. The SMILES string of the molecule is CC(C)(O)c1coc(S(=N)(=O)NC(=O)Nc2c(CC3CCC3)cc(F)cc2C2CC2)c1. The Labute approximate surface area is 181 Å². The minimum Gasteiger partial charge on any atom is -0.452 e. The van der Waals surface area contributed by atoms with E-state index in [1.807, 2.05) is 0 Å². The monoisotopic (exact) mass is 449 g/mol. The van der Waals surface area contributed by atoms with E-state index in [0.29, 0.717) is 23.6 Å². The summed E-state index contributed by atoms with van der Waals surface area (Å²) in [4.78, 5) is 12.7. The van der Waals surface area contributed by atoms with E-state index in [-0.39, 0.29) is 16.8 Å². The van der Waals surface area contributed by atoms with Crippen LogP contribution in [0, 0.1) is 16.5 Å². The van der Waals surface area contributed by atoms with Crippen molar-refractivity contribution < 1.29 is 22.9 Å². The zero-order valence-electron chi connectivity index (χ0n) is 17.7. The molecule has 1 aromatic heterocycles. The standard InChI is InChI=1S/C22H28FN3O4S/c1-22(2,28)16-10-19(30-12-16)31(24,29)26-21(27)25-20-15(8-13-4-3-5-13)9-17(23)11-18(20)14-6-7-14/h9-14,28H,3-8H2,1-2H3,(H3,24,25,26,27,29). The Balaban J connectivity index is 1.55. The molecule has 1 unspecified atom stereocenters. The normalized spacial score (nSPS) is 18.8. The van der Waals surface area contributed by atoms with Gasteiger partial charge in [0.2, 0.25) is 5.09 Å². The molecule has 4 rings (SSSR count). The highest BCUT2D eigenvalue weighted by Gasteiger charge is 2.31. The number of benzene rings is 1. The summed E-state index contributed by atoms with van der Waals surface area (Å²) < 4.78 is 42.5. The van der Waals surface area contributed by atoms with Gasteiger partial charge in [-0.05, 0) is 68.2 Å². The summed E-state index contributed by atoms with van der Waals surface area (Å²) in [6, 6.07) is 3.40. The van der Waals surface area contributed by atoms with Gasteiger partial charge in [0.05, 0.1) is 11.9 Å². The van der Waals surface area contributed by atoms with Crippen LogP contribution >= 0.6 is 0 Å². The fraction of sp³-hybridized carbons (Fsp3) is 0.500. The first-order chi connectivity index (χ1) is 14.5. The fourth-order valence-corrected chi connectivity index (χ4v) is 4.72. The van der Waals surface area contributed by atoms with Crippen molar-refractivity contribution in [2.75, 3.05) is 5.32 Å². The van der Waals surface area contributed by atoms with Gasteiger partial charge < -0.3 is 14.8 Å². The van der Waals surface area contributed by atoms with E-state index in [2.05, 4.69) is 10.0 Å². The van der Waals surface area contributed by atoms with E-state index in [4.69, 9.17) is 9.20 Å². The molecule has 2 amide bonds. The molecule has 31 heavy (non-hydrogen) atoms. The third-order valence-electron chi connectivity index (χ3n) is 6.01. The number of anilines is 1. The number of hydrogen-bond acceptors (Lipinski definition) is 5. The van der Waals surface area contributed by atoms with Gasteiger partial charge in [0.1, 0.15) is 5.82 Å². The Morgan fingerprint density at radius 1 is 1.29 bits per heavy atom. The number of carbonyl (C=O) groups is 1. The van der Waals surface area contributed by atoms with Crippen molar-refractivity contribution in [1.82, 2.24) is 4.72 Å². The number of rotatable bonds is 7. The molecule has 2 aliphatic rings. The summed E-state index contributed by atoms with van der Waals surface area (Å²) in [5.41, 5.74) is 1.16. The van der Waals surface area contributed by atoms with Crippen LogP contribution in [-0.4, -0.2) is 15.3 Å². The van der Waals surface area contributed by atoms with Gasteiger partial charge in [0, 0.05) is 17.3 Å². The van der Waals surface area contributed by atoms with Crippen molar-refractivity contribution >= 4 is 21.6 Å². The van der Waals surface area contributed by atoms with E-state index < -0.39 is 21.5 Å². The largest absolute Gasteiger partial charge is 0.452 e. The molecule has 2 aromatic rings. The number of nitrogens with one attached hydrogen (secondary N) is 3. The summed E-state index contributed by atoms with van der Waals surface area (Å²) in [7, 11) is -3.79. The Bertz CT molecular complexity index is 1100. The Kier molecular flexibility index (Phi) is 5.59. The van der Waals surface area contributed by atoms with Gasteiger partial charge in [-0.1, -0.05) is 19.3 Å². The third kappa shape index (κ3) is 4.93. The predicted molar refractivity (Wildman–Crippen MR) is 115 cm³/mol. The van der Waals surface area contributed by atoms with Crippen molar-refractivity contribution in [2.24, 2.45) is 5.92 Å². The molecule has 0 aliphatic heterocycles. The van der Waals surface area contributed by atoms with Gasteiger partial charge in [-0.3, -0.25) is 0 Å². The van der Waals surface area contributed by atoms with Crippen molar-refractivity contribution in [2.45, 2.75) is 69.0 Å². The molecule has 0 radical (unpaired) electrons. The van der Waals surface area contributed by atoms with Crippen molar-refractivity contribution in [3.05, 3.63) is 47.0 Å². The summed E-state index contributed by atoms with van der Waals surface area (Å²) in [5, 5.41) is 12.5. The van der Waals surface area contributed by atoms with Gasteiger partial charge in [0.15, 0.2) is 9.92 Å². The average molecular weight is 450 g/mol. The first kappa shape index (κ1) is 21.8. The van der Waals surface area contributed by atoms with E-state index in [0.717, 1.165) is 43.2 Å². The highest BCUT2D eigenvalue weighted by Crippen LogP contribution is 2.46. The predicted octanol–water partition coefficient (Wildman–Crippen LogP) is 5.01. The van der Waals surface area contributed by atoms with Crippen LogP contribution in [0.15, 0.2) is 34.0 Å². The third-order valence-corrected chi connectivity index (χ3v) is 7.26. The van der Waals surface area contributed by atoms with Crippen LogP contribution in [0.1, 0.15) is 68.6 Å². The molecule has 2 saturated carbocycles. The van der Waals surface area contributed by atoms with Crippen LogP contribution in [0.2, 0.25) is 0 Å². The molecule has 1 aromatic carbocycles. The minimum atomic E-state index is -3.79. The first-order valence-corrected chi connectivity index (χ1v) is 12.1. The molecule has 0 bridgehead atoms. The number of furan rings is 1. The van der Waals surface area contributed by atoms with Crippen molar-refractivity contribution in [3.8, 4) is 0 Å². The Morgan fingerprint density at radius 3 is 2.55 bits per heavy atom. The van der Waals surface area contributed by atoms with Crippen LogP contribution in [0.3, 0.4) is 0 Å². The molecular weight excluding hydrogens is 421 g/mol. The number of carbonyl (C=O) groups excluding carboxylic acids is 1. The zero-order valence-corrected chi connectivity index (χ0v) is 18.5. The molecule has 168 valence electrons. The van der Waals surface area contributed by atoms with E-state index in [1.54, 1.807) is 0 Å². The van der Waals surface area contributed by atoms with Gasteiger partial charge in [-0.25, -0.2) is 22.9 Å². The summed E-state index contributed by atoms with van der Waals surface area (Å²) >= 11 is 0. The number of hydrogen-bond donors (Lipinski definition) is 4. The summed E-state index contributed by atoms with van der Waals surface area (Å²) in [5.74, 6) is 0.355. The summed E-state index contributed by atoms with van der Waals surface area (Å²) in [6.45, 7) is 3.07. The second-order valence-corrected chi connectivity index (χ2v) is 10.8. The molecule has 2 fully saturated rings. The molecule has 9 heteroatoms. The maximum atomic E-state index is 14.3. The number of halogens is 1. The topological polar surface area (TPSA) is 115 Å². The highest BCUT2D eigenvalue weighted by atomic mass is 32.2. The van der Waals surface area contributed by atoms with Crippen LogP contribution in [0.4, 0.5) is 14.9 Å².